The fourth-order valence-corrected chi connectivity index (χ4v) is 2.03. The Labute approximate surface area is 107 Å². The quantitative estimate of drug-likeness (QED) is 0.870. The third kappa shape index (κ3) is 3.09. The Bertz CT molecular complexity index is 402. The van der Waals surface area contributed by atoms with Crippen LogP contribution < -0.4 is 0 Å². The molecule has 1 amide bonds. The van der Waals surface area contributed by atoms with E-state index in [1.807, 2.05) is 24.3 Å². The van der Waals surface area contributed by atoms with E-state index >= 15 is 0 Å². The van der Waals surface area contributed by atoms with Crippen LogP contribution in [0.2, 0.25) is 0 Å². The molecule has 1 aliphatic rings. The molecule has 0 aliphatic carbocycles. The molecule has 1 heterocycles. The summed E-state index contributed by atoms with van der Waals surface area (Å²) in [4.78, 5) is 13.2. The molecular formula is C14H19NO3. The number of aliphatic hydroxyl groups excluding tert-OH is 1. The van der Waals surface area contributed by atoms with Crippen molar-refractivity contribution in [1.29, 1.82) is 0 Å². The van der Waals surface area contributed by atoms with Crippen LogP contribution in [-0.4, -0.2) is 42.2 Å². The molecule has 1 aliphatic heterocycles. The largest absolute Gasteiger partial charge is 0.387 e. The van der Waals surface area contributed by atoms with Crippen LogP contribution >= 0.6 is 0 Å². The smallest absolute Gasteiger partial charge is 0.248 e. The third-order valence-electron chi connectivity index (χ3n) is 3.25. The van der Waals surface area contributed by atoms with Gasteiger partial charge in [-0.1, -0.05) is 31.2 Å². The lowest BCUT2D eigenvalue weighted by molar-refractivity contribution is -0.144. The number of carbonyl (C=O) groups excluding carboxylic acids is 1. The first-order chi connectivity index (χ1) is 8.70. The molecule has 1 saturated heterocycles. The average molecular weight is 249 g/mol. The van der Waals surface area contributed by atoms with Crippen molar-refractivity contribution in [3.8, 4) is 0 Å². The van der Waals surface area contributed by atoms with Gasteiger partial charge in [0.15, 0.2) is 0 Å². The van der Waals surface area contributed by atoms with Crippen LogP contribution in [0.5, 0.6) is 0 Å². The first kappa shape index (κ1) is 13.1. The van der Waals surface area contributed by atoms with Crippen molar-refractivity contribution in [2.24, 2.45) is 0 Å². The number of morpholine rings is 1. The summed E-state index contributed by atoms with van der Waals surface area (Å²) in [6.07, 6.45) is 0.358. The van der Waals surface area contributed by atoms with Crippen molar-refractivity contribution < 1.29 is 14.6 Å². The summed E-state index contributed by atoms with van der Waals surface area (Å²) in [7, 11) is 0. The summed E-state index contributed by atoms with van der Waals surface area (Å²) in [6.45, 7) is 3.67. The Kier molecular flexibility index (Phi) is 4.33. The first-order valence-electron chi connectivity index (χ1n) is 6.33. The molecule has 1 atom stereocenters. The van der Waals surface area contributed by atoms with E-state index in [1.54, 1.807) is 4.90 Å². The minimum atomic E-state index is -0.627. The van der Waals surface area contributed by atoms with Crippen molar-refractivity contribution in [1.82, 2.24) is 4.90 Å². The molecule has 1 unspecified atom stereocenters. The molecule has 1 N–H and O–H groups in total. The Balaban J connectivity index is 1.97. The Morgan fingerprint density at radius 1 is 1.39 bits per heavy atom. The number of hydrogen-bond acceptors (Lipinski definition) is 3. The summed E-state index contributed by atoms with van der Waals surface area (Å²) in [5.41, 5.74) is 2.10. The van der Waals surface area contributed by atoms with Crippen LogP contribution in [0.3, 0.4) is 0 Å². The maximum atomic E-state index is 11.6. The highest BCUT2D eigenvalue weighted by molar-refractivity contribution is 5.78. The van der Waals surface area contributed by atoms with Gasteiger partial charge in [-0.25, -0.2) is 0 Å². The van der Waals surface area contributed by atoms with E-state index < -0.39 is 6.10 Å². The van der Waals surface area contributed by atoms with Gasteiger partial charge in [0.2, 0.25) is 5.91 Å². The van der Waals surface area contributed by atoms with E-state index in [-0.39, 0.29) is 12.5 Å². The number of aliphatic hydroxyl groups is 1. The van der Waals surface area contributed by atoms with Gasteiger partial charge in [0.25, 0.3) is 0 Å². The van der Waals surface area contributed by atoms with Gasteiger partial charge < -0.3 is 14.7 Å². The third-order valence-corrected chi connectivity index (χ3v) is 3.25. The lowest BCUT2D eigenvalue weighted by Crippen LogP contribution is -2.43. The molecule has 1 aromatic carbocycles. The predicted octanol–water partition coefficient (Wildman–Crippen LogP) is 1.14. The number of benzene rings is 1. The van der Waals surface area contributed by atoms with E-state index in [4.69, 9.17) is 4.74 Å². The second-order valence-corrected chi connectivity index (χ2v) is 4.50. The number of amides is 1. The SMILES string of the molecule is CCc1ccc(C(O)CN2CCOCC2=O)cc1. The zero-order valence-electron chi connectivity index (χ0n) is 10.6. The first-order valence-corrected chi connectivity index (χ1v) is 6.33. The zero-order valence-corrected chi connectivity index (χ0v) is 10.6. The van der Waals surface area contributed by atoms with Crippen molar-refractivity contribution >= 4 is 5.91 Å². The van der Waals surface area contributed by atoms with E-state index in [0.717, 1.165) is 12.0 Å². The van der Waals surface area contributed by atoms with E-state index in [2.05, 4.69) is 6.92 Å². The molecule has 0 saturated carbocycles. The van der Waals surface area contributed by atoms with Crippen molar-refractivity contribution in [3.63, 3.8) is 0 Å². The predicted molar refractivity (Wildman–Crippen MR) is 68.2 cm³/mol. The molecule has 0 aromatic heterocycles. The summed E-state index contributed by atoms with van der Waals surface area (Å²) < 4.78 is 5.06. The molecule has 0 bridgehead atoms. The summed E-state index contributed by atoms with van der Waals surface area (Å²) in [6, 6.07) is 7.88. The number of rotatable bonds is 4. The van der Waals surface area contributed by atoms with Gasteiger partial charge in [-0.05, 0) is 17.5 Å². The highest BCUT2D eigenvalue weighted by Crippen LogP contribution is 2.16. The lowest BCUT2D eigenvalue weighted by atomic mass is 10.1. The molecule has 18 heavy (non-hydrogen) atoms. The molecular weight excluding hydrogens is 230 g/mol. The van der Waals surface area contributed by atoms with Crippen LogP contribution in [0.1, 0.15) is 24.2 Å². The molecule has 1 fully saturated rings. The van der Waals surface area contributed by atoms with E-state index in [9.17, 15) is 9.90 Å². The Morgan fingerprint density at radius 3 is 2.72 bits per heavy atom. The lowest BCUT2D eigenvalue weighted by Gasteiger charge is -2.28. The van der Waals surface area contributed by atoms with Crippen molar-refractivity contribution in [3.05, 3.63) is 35.4 Å². The number of β-amino-alcohol motifs (C(OH)–C–C–N with tert-alkyl or cyclic N) is 1. The Morgan fingerprint density at radius 2 is 2.11 bits per heavy atom. The number of nitrogens with zero attached hydrogens (tertiary/aromatic N) is 1. The summed E-state index contributed by atoms with van der Waals surface area (Å²) in [5, 5.41) is 10.1. The van der Waals surface area contributed by atoms with Gasteiger partial charge >= 0.3 is 0 Å². The fourth-order valence-electron chi connectivity index (χ4n) is 2.03. The minimum absolute atomic E-state index is 0.0505. The summed E-state index contributed by atoms with van der Waals surface area (Å²) >= 11 is 0. The molecule has 0 radical (unpaired) electrons. The number of aryl methyl sites for hydroxylation is 1. The number of ether oxygens (including phenoxy) is 1. The van der Waals surface area contributed by atoms with Gasteiger partial charge in [-0.3, -0.25) is 4.79 Å². The highest BCUT2D eigenvalue weighted by Gasteiger charge is 2.21. The molecule has 2 rings (SSSR count). The second kappa shape index (κ2) is 5.98. The van der Waals surface area contributed by atoms with Crippen LogP contribution in [0.4, 0.5) is 0 Å². The van der Waals surface area contributed by atoms with Crippen LogP contribution in [-0.2, 0) is 16.0 Å². The minimum Gasteiger partial charge on any atom is -0.387 e. The van der Waals surface area contributed by atoms with Crippen LogP contribution in [0, 0.1) is 0 Å². The molecule has 1 aromatic rings. The fraction of sp³-hybridized carbons (Fsp3) is 0.500. The highest BCUT2D eigenvalue weighted by atomic mass is 16.5. The molecule has 98 valence electrons. The molecule has 4 heteroatoms. The van der Waals surface area contributed by atoms with Gasteiger partial charge in [0, 0.05) is 6.54 Å². The standard InChI is InChI=1S/C14H19NO3/c1-2-11-3-5-12(6-4-11)13(16)9-15-7-8-18-10-14(15)17/h3-6,13,16H,2,7-10H2,1H3. The number of hydrogen-bond donors (Lipinski definition) is 1. The number of carbonyl (C=O) groups is 1. The second-order valence-electron chi connectivity index (χ2n) is 4.50. The Hall–Kier alpha value is -1.39. The van der Waals surface area contributed by atoms with Gasteiger partial charge in [0.1, 0.15) is 6.61 Å². The average Bonchev–Trinajstić information content (AvgIpc) is 2.41. The van der Waals surface area contributed by atoms with E-state index in [0.29, 0.717) is 19.7 Å². The maximum Gasteiger partial charge on any atom is 0.248 e. The normalized spacial score (nSPS) is 17.9. The molecule has 0 spiro atoms. The van der Waals surface area contributed by atoms with Gasteiger partial charge in [0.05, 0.1) is 19.3 Å². The molecule has 4 nitrogen and oxygen atoms in total. The van der Waals surface area contributed by atoms with E-state index in [1.165, 1.54) is 5.56 Å². The van der Waals surface area contributed by atoms with Crippen LogP contribution in [0.15, 0.2) is 24.3 Å². The van der Waals surface area contributed by atoms with Crippen molar-refractivity contribution in [2.75, 3.05) is 26.3 Å². The van der Waals surface area contributed by atoms with Crippen molar-refractivity contribution in [2.45, 2.75) is 19.4 Å². The summed E-state index contributed by atoms with van der Waals surface area (Å²) in [5.74, 6) is -0.0505. The van der Waals surface area contributed by atoms with Gasteiger partial charge in [-0.15, -0.1) is 0 Å². The monoisotopic (exact) mass is 249 g/mol. The van der Waals surface area contributed by atoms with Crippen LogP contribution in [0.25, 0.3) is 0 Å². The maximum absolute atomic E-state index is 11.6. The van der Waals surface area contributed by atoms with Gasteiger partial charge in [-0.2, -0.15) is 0 Å². The topological polar surface area (TPSA) is 49.8 Å². The zero-order chi connectivity index (χ0) is 13.0.